The molecule has 8 atom stereocenters. The Labute approximate surface area is 194 Å². The van der Waals surface area contributed by atoms with E-state index in [1.807, 2.05) is 5.57 Å². The highest BCUT2D eigenvalue weighted by Crippen LogP contribution is 2.67. The van der Waals surface area contributed by atoms with Gasteiger partial charge in [-0.15, -0.1) is 0 Å². The van der Waals surface area contributed by atoms with Crippen LogP contribution in [0, 0.1) is 46.3 Å². The first-order chi connectivity index (χ1) is 14.8. The van der Waals surface area contributed by atoms with Crippen LogP contribution in [-0.2, 0) is 0 Å². The van der Waals surface area contributed by atoms with Gasteiger partial charge in [-0.2, -0.15) is 0 Å². The van der Waals surface area contributed by atoms with E-state index in [0.717, 1.165) is 41.5 Å². The zero-order valence-electron chi connectivity index (χ0n) is 21.8. The molecular formula is C30H53N. The molecule has 0 radical (unpaired) electrons. The van der Waals surface area contributed by atoms with Gasteiger partial charge in [0.05, 0.1) is 0 Å². The standard InChI is InChI=1S/C30H53N/c1-7-19-31-24-15-17-29(5)23(20-24)11-12-25-27-14-13-26(22(4)10-8-9-21(2)3)30(27,6)18-16-28(25)29/h11,21-22,24-28,31H,7-10,12-20H2,1-6H3/t22-,24+,25-,26?,27+,28?,29?,30?/m1/s1. The third-order valence-corrected chi connectivity index (χ3v) is 11.0. The van der Waals surface area contributed by atoms with Crippen molar-refractivity contribution in [1.29, 1.82) is 0 Å². The van der Waals surface area contributed by atoms with Crippen molar-refractivity contribution in [2.75, 3.05) is 6.54 Å². The Morgan fingerprint density at radius 3 is 2.55 bits per heavy atom. The smallest absolute Gasteiger partial charge is 0.0105 e. The Morgan fingerprint density at radius 2 is 1.81 bits per heavy atom. The SMILES string of the molecule is CCCN[C@H]1CCC2(C)C(=CC[C@H]3C2CCC2(C)C([C@H](C)CCCC(C)C)CC[C@@H]32)C1. The second-order valence-corrected chi connectivity index (χ2v) is 13.2. The van der Waals surface area contributed by atoms with Crippen LogP contribution >= 0.6 is 0 Å². The first-order valence-electron chi connectivity index (χ1n) is 14.2. The molecule has 1 N–H and O–H groups in total. The van der Waals surface area contributed by atoms with Crippen molar-refractivity contribution < 1.29 is 0 Å². The zero-order chi connectivity index (χ0) is 22.2. The van der Waals surface area contributed by atoms with Gasteiger partial charge in [-0.05, 0) is 111 Å². The summed E-state index contributed by atoms with van der Waals surface area (Å²) in [6.07, 6.45) is 20.0. The summed E-state index contributed by atoms with van der Waals surface area (Å²) in [6.45, 7) is 16.3. The molecule has 3 fully saturated rings. The minimum Gasteiger partial charge on any atom is -0.314 e. The van der Waals surface area contributed by atoms with E-state index in [0.29, 0.717) is 10.8 Å². The molecule has 1 nitrogen and oxygen atoms in total. The molecule has 4 unspecified atom stereocenters. The monoisotopic (exact) mass is 427 g/mol. The Bertz CT molecular complexity index is 634. The molecule has 31 heavy (non-hydrogen) atoms. The first kappa shape index (κ1) is 23.8. The average molecular weight is 428 g/mol. The van der Waals surface area contributed by atoms with Crippen LogP contribution < -0.4 is 5.32 Å². The van der Waals surface area contributed by atoms with E-state index in [9.17, 15) is 0 Å². The maximum absolute atomic E-state index is 3.84. The Hall–Kier alpha value is -0.300. The van der Waals surface area contributed by atoms with Crippen molar-refractivity contribution in [1.82, 2.24) is 5.32 Å². The fourth-order valence-corrected chi connectivity index (χ4v) is 9.21. The topological polar surface area (TPSA) is 12.0 Å². The van der Waals surface area contributed by atoms with Crippen LogP contribution in [0.5, 0.6) is 0 Å². The van der Waals surface area contributed by atoms with Gasteiger partial charge >= 0.3 is 0 Å². The third-order valence-electron chi connectivity index (χ3n) is 11.0. The molecule has 0 aromatic rings. The van der Waals surface area contributed by atoms with Crippen LogP contribution in [0.15, 0.2) is 11.6 Å². The van der Waals surface area contributed by atoms with E-state index in [1.165, 1.54) is 83.6 Å². The molecule has 0 aromatic carbocycles. The van der Waals surface area contributed by atoms with Crippen molar-refractivity contribution in [3.8, 4) is 0 Å². The highest BCUT2D eigenvalue weighted by Gasteiger charge is 2.59. The Balaban J connectivity index is 1.45. The summed E-state index contributed by atoms with van der Waals surface area (Å²) in [4.78, 5) is 0. The summed E-state index contributed by atoms with van der Waals surface area (Å²) in [5.74, 6) is 5.71. The molecule has 0 saturated heterocycles. The van der Waals surface area contributed by atoms with Gasteiger partial charge in [0.2, 0.25) is 0 Å². The highest BCUT2D eigenvalue weighted by molar-refractivity contribution is 5.26. The second kappa shape index (κ2) is 9.52. The van der Waals surface area contributed by atoms with Crippen molar-refractivity contribution >= 4 is 0 Å². The summed E-state index contributed by atoms with van der Waals surface area (Å²) in [5.41, 5.74) is 2.98. The van der Waals surface area contributed by atoms with Gasteiger partial charge in [0, 0.05) is 6.04 Å². The third kappa shape index (κ3) is 4.43. The summed E-state index contributed by atoms with van der Waals surface area (Å²) in [6, 6.07) is 0.743. The molecule has 4 aliphatic carbocycles. The number of allylic oxidation sites excluding steroid dienone is 1. The van der Waals surface area contributed by atoms with E-state index in [-0.39, 0.29) is 0 Å². The maximum atomic E-state index is 3.84. The lowest BCUT2D eigenvalue weighted by Crippen LogP contribution is -2.51. The lowest BCUT2D eigenvalue weighted by molar-refractivity contribution is -0.0514. The Morgan fingerprint density at radius 1 is 1.00 bits per heavy atom. The lowest BCUT2D eigenvalue weighted by atomic mass is 9.47. The second-order valence-electron chi connectivity index (χ2n) is 13.2. The number of hydrogen-bond donors (Lipinski definition) is 1. The number of fused-ring (bicyclic) bond motifs is 5. The molecule has 0 aromatic heterocycles. The molecular weight excluding hydrogens is 374 g/mol. The molecule has 4 rings (SSSR count). The van der Waals surface area contributed by atoms with Crippen LogP contribution in [0.25, 0.3) is 0 Å². The van der Waals surface area contributed by atoms with Crippen LogP contribution in [0.4, 0.5) is 0 Å². The van der Waals surface area contributed by atoms with E-state index in [4.69, 9.17) is 0 Å². The van der Waals surface area contributed by atoms with Gasteiger partial charge < -0.3 is 5.32 Å². The molecule has 3 saturated carbocycles. The van der Waals surface area contributed by atoms with Crippen molar-refractivity contribution in [2.45, 2.75) is 125 Å². The van der Waals surface area contributed by atoms with Crippen LogP contribution in [0.3, 0.4) is 0 Å². The number of hydrogen-bond acceptors (Lipinski definition) is 1. The van der Waals surface area contributed by atoms with Gasteiger partial charge in [0.25, 0.3) is 0 Å². The predicted molar refractivity (Wildman–Crippen MR) is 135 cm³/mol. The van der Waals surface area contributed by atoms with Gasteiger partial charge in [-0.3, -0.25) is 0 Å². The first-order valence-corrected chi connectivity index (χ1v) is 14.2. The fraction of sp³-hybridized carbons (Fsp3) is 0.933. The highest BCUT2D eigenvalue weighted by atomic mass is 14.9. The Kier molecular flexibility index (Phi) is 7.32. The molecule has 178 valence electrons. The van der Waals surface area contributed by atoms with Crippen LogP contribution in [0.1, 0.15) is 119 Å². The lowest BCUT2D eigenvalue weighted by Gasteiger charge is -2.58. The largest absolute Gasteiger partial charge is 0.314 e. The van der Waals surface area contributed by atoms with E-state index < -0.39 is 0 Å². The summed E-state index contributed by atoms with van der Waals surface area (Å²) < 4.78 is 0. The van der Waals surface area contributed by atoms with Gasteiger partial charge in [0.15, 0.2) is 0 Å². The minimum atomic E-state index is 0.510. The van der Waals surface area contributed by atoms with E-state index in [2.05, 4.69) is 52.9 Å². The van der Waals surface area contributed by atoms with Crippen LogP contribution in [0.2, 0.25) is 0 Å². The summed E-state index contributed by atoms with van der Waals surface area (Å²) in [7, 11) is 0. The molecule has 1 heteroatoms. The van der Waals surface area contributed by atoms with Gasteiger partial charge in [-0.1, -0.05) is 72.5 Å². The minimum absolute atomic E-state index is 0.510. The maximum Gasteiger partial charge on any atom is 0.0105 e. The normalized spacial score (nSPS) is 43.2. The number of nitrogens with one attached hydrogen (secondary N) is 1. The number of rotatable bonds is 8. The van der Waals surface area contributed by atoms with Crippen molar-refractivity contribution in [3.05, 3.63) is 11.6 Å². The average Bonchev–Trinajstić information content (AvgIpc) is 3.09. The van der Waals surface area contributed by atoms with Crippen molar-refractivity contribution in [3.63, 3.8) is 0 Å². The van der Waals surface area contributed by atoms with Gasteiger partial charge in [0.1, 0.15) is 0 Å². The summed E-state index contributed by atoms with van der Waals surface area (Å²) in [5, 5.41) is 3.84. The van der Waals surface area contributed by atoms with E-state index in [1.54, 1.807) is 0 Å². The van der Waals surface area contributed by atoms with Gasteiger partial charge in [-0.25, -0.2) is 0 Å². The van der Waals surface area contributed by atoms with E-state index >= 15 is 0 Å². The molecule has 0 amide bonds. The fourth-order valence-electron chi connectivity index (χ4n) is 9.21. The summed E-state index contributed by atoms with van der Waals surface area (Å²) >= 11 is 0. The molecule has 0 aliphatic heterocycles. The quantitative estimate of drug-likeness (QED) is 0.383. The predicted octanol–water partition coefficient (Wildman–Crippen LogP) is 8.40. The van der Waals surface area contributed by atoms with Crippen molar-refractivity contribution in [2.24, 2.45) is 46.3 Å². The molecule has 0 bridgehead atoms. The molecule has 0 spiro atoms. The zero-order valence-corrected chi connectivity index (χ0v) is 21.8. The molecule has 4 aliphatic rings. The van der Waals surface area contributed by atoms with Crippen LogP contribution in [-0.4, -0.2) is 12.6 Å². The molecule has 0 heterocycles.